The van der Waals surface area contributed by atoms with Crippen LogP contribution in [0.5, 0.6) is 0 Å². The number of carbonyl (C=O) groups is 1. The average Bonchev–Trinajstić information content (AvgIpc) is 2.59. The van der Waals surface area contributed by atoms with E-state index < -0.39 is 0 Å². The molecule has 76 valence electrons. The summed E-state index contributed by atoms with van der Waals surface area (Å²) in [6, 6.07) is 0. The Morgan fingerprint density at radius 3 is 2.71 bits per heavy atom. The molecule has 0 spiro atoms. The first kappa shape index (κ1) is 8.51. The maximum absolute atomic E-state index is 11.2. The molecule has 4 saturated carbocycles. The molecule has 0 aromatic rings. The van der Waals surface area contributed by atoms with E-state index >= 15 is 0 Å². The highest BCUT2D eigenvalue weighted by Crippen LogP contribution is 2.58. The summed E-state index contributed by atoms with van der Waals surface area (Å²) < 4.78 is 5.47. The summed E-state index contributed by atoms with van der Waals surface area (Å²) in [4.78, 5) is 11.2. The van der Waals surface area contributed by atoms with Gasteiger partial charge in [-0.1, -0.05) is 6.58 Å². The van der Waals surface area contributed by atoms with Crippen LogP contribution in [0.15, 0.2) is 12.7 Å². The summed E-state index contributed by atoms with van der Waals surface area (Å²) in [5.41, 5.74) is 0. The topological polar surface area (TPSA) is 26.3 Å². The van der Waals surface area contributed by atoms with Crippen LogP contribution in [0.3, 0.4) is 0 Å². The summed E-state index contributed by atoms with van der Waals surface area (Å²) in [7, 11) is 0. The highest BCUT2D eigenvalue weighted by atomic mass is 16.5. The molecule has 4 aliphatic rings. The molecule has 0 saturated heterocycles. The smallest absolute Gasteiger partial charge is 0.330 e. The molecule has 2 heteroatoms. The summed E-state index contributed by atoms with van der Waals surface area (Å²) in [6.45, 7) is 3.45. The molecule has 14 heavy (non-hydrogen) atoms. The zero-order valence-corrected chi connectivity index (χ0v) is 8.32. The van der Waals surface area contributed by atoms with Gasteiger partial charge in [0.1, 0.15) is 6.10 Å². The number of carbonyl (C=O) groups excluding carboxylic acids is 1. The predicted molar refractivity (Wildman–Crippen MR) is 52.5 cm³/mol. The van der Waals surface area contributed by atoms with Crippen LogP contribution in [0.1, 0.15) is 25.7 Å². The van der Waals surface area contributed by atoms with Crippen molar-refractivity contribution in [2.45, 2.75) is 31.8 Å². The molecule has 0 N–H and O–H groups in total. The van der Waals surface area contributed by atoms with E-state index in [1.165, 1.54) is 31.8 Å². The van der Waals surface area contributed by atoms with Crippen LogP contribution in [-0.4, -0.2) is 12.1 Å². The molecule has 0 radical (unpaired) electrons. The van der Waals surface area contributed by atoms with E-state index in [1.807, 2.05) is 0 Å². The largest absolute Gasteiger partial charge is 0.459 e. The van der Waals surface area contributed by atoms with Gasteiger partial charge >= 0.3 is 5.97 Å². The van der Waals surface area contributed by atoms with Crippen LogP contribution in [0.25, 0.3) is 0 Å². The number of esters is 1. The van der Waals surface area contributed by atoms with Crippen LogP contribution < -0.4 is 0 Å². The molecular weight excluding hydrogens is 176 g/mol. The van der Waals surface area contributed by atoms with E-state index in [4.69, 9.17) is 4.74 Å². The maximum atomic E-state index is 11.2. The number of hydrogen-bond acceptors (Lipinski definition) is 2. The van der Waals surface area contributed by atoms with Crippen LogP contribution in [0.2, 0.25) is 0 Å². The van der Waals surface area contributed by atoms with Gasteiger partial charge in [-0.3, -0.25) is 0 Å². The minimum Gasteiger partial charge on any atom is -0.459 e. The molecule has 0 aromatic heterocycles. The lowest BCUT2D eigenvalue weighted by molar-refractivity contribution is -0.148. The van der Waals surface area contributed by atoms with Crippen molar-refractivity contribution in [2.75, 3.05) is 0 Å². The van der Waals surface area contributed by atoms with Gasteiger partial charge in [0.15, 0.2) is 0 Å². The van der Waals surface area contributed by atoms with Crippen molar-refractivity contribution in [3.05, 3.63) is 12.7 Å². The van der Waals surface area contributed by atoms with E-state index in [0.29, 0.717) is 11.8 Å². The van der Waals surface area contributed by atoms with Gasteiger partial charge in [-0.15, -0.1) is 0 Å². The first-order valence-corrected chi connectivity index (χ1v) is 5.61. The third kappa shape index (κ3) is 1.06. The Morgan fingerprint density at radius 2 is 2.00 bits per heavy atom. The SMILES string of the molecule is C=CC(=O)OC1C2CC3CC(C2)C1C3. The summed E-state index contributed by atoms with van der Waals surface area (Å²) in [5, 5.41) is 0. The zero-order valence-electron chi connectivity index (χ0n) is 8.32. The Hall–Kier alpha value is -0.790. The van der Waals surface area contributed by atoms with Crippen molar-refractivity contribution in [1.29, 1.82) is 0 Å². The second kappa shape index (κ2) is 2.85. The fourth-order valence-electron chi connectivity index (χ4n) is 4.04. The van der Waals surface area contributed by atoms with E-state index in [1.54, 1.807) is 0 Å². The van der Waals surface area contributed by atoms with Gasteiger partial charge in [-0.2, -0.15) is 0 Å². The van der Waals surface area contributed by atoms with Gasteiger partial charge in [0.05, 0.1) is 0 Å². The lowest BCUT2D eigenvalue weighted by Crippen LogP contribution is -2.32. The minimum absolute atomic E-state index is 0.226. The molecule has 4 aliphatic carbocycles. The van der Waals surface area contributed by atoms with Crippen molar-refractivity contribution < 1.29 is 9.53 Å². The molecule has 4 rings (SSSR count). The molecule has 0 aliphatic heterocycles. The second-order valence-electron chi connectivity index (χ2n) is 5.10. The molecule has 0 amide bonds. The van der Waals surface area contributed by atoms with Gasteiger partial charge in [0, 0.05) is 6.08 Å². The van der Waals surface area contributed by atoms with Gasteiger partial charge in [0.2, 0.25) is 0 Å². The van der Waals surface area contributed by atoms with Crippen molar-refractivity contribution in [2.24, 2.45) is 23.7 Å². The van der Waals surface area contributed by atoms with Crippen LogP contribution >= 0.6 is 0 Å². The molecule has 5 unspecified atom stereocenters. The van der Waals surface area contributed by atoms with Crippen molar-refractivity contribution in [1.82, 2.24) is 0 Å². The van der Waals surface area contributed by atoms with E-state index in [-0.39, 0.29) is 12.1 Å². The lowest BCUT2D eigenvalue weighted by Gasteiger charge is -2.31. The van der Waals surface area contributed by atoms with Gasteiger partial charge < -0.3 is 4.74 Å². The highest BCUT2D eigenvalue weighted by Gasteiger charge is 2.55. The van der Waals surface area contributed by atoms with Crippen molar-refractivity contribution >= 4 is 5.97 Å². The summed E-state index contributed by atoms with van der Waals surface area (Å²) in [5.74, 6) is 2.93. The highest BCUT2D eigenvalue weighted by molar-refractivity contribution is 5.81. The van der Waals surface area contributed by atoms with Crippen LogP contribution in [-0.2, 0) is 9.53 Å². The molecular formula is C12H16O2. The Balaban J connectivity index is 1.76. The Labute approximate surface area is 84.3 Å². The minimum atomic E-state index is -0.231. The molecule has 5 atom stereocenters. The first-order valence-electron chi connectivity index (χ1n) is 5.61. The quantitative estimate of drug-likeness (QED) is 0.495. The number of hydrogen-bond donors (Lipinski definition) is 0. The van der Waals surface area contributed by atoms with Crippen molar-refractivity contribution in [3.63, 3.8) is 0 Å². The summed E-state index contributed by atoms with van der Waals surface area (Å²) in [6.07, 6.45) is 6.81. The molecule has 2 nitrogen and oxygen atoms in total. The normalized spacial score (nSPS) is 48.1. The fraction of sp³-hybridized carbons (Fsp3) is 0.750. The van der Waals surface area contributed by atoms with Crippen LogP contribution in [0.4, 0.5) is 0 Å². The zero-order chi connectivity index (χ0) is 9.71. The molecule has 0 aromatic carbocycles. The maximum Gasteiger partial charge on any atom is 0.330 e. The molecule has 4 bridgehead atoms. The van der Waals surface area contributed by atoms with Gasteiger partial charge in [0.25, 0.3) is 0 Å². The Bertz CT molecular complexity index is 280. The third-order valence-electron chi connectivity index (χ3n) is 4.39. The lowest BCUT2D eigenvalue weighted by atomic mass is 9.80. The average molecular weight is 192 g/mol. The van der Waals surface area contributed by atoms with Gasteiger partial charge in [-0.05, 0) is 49.4 Å². The van der Waals surface area contributed by atoms with E-state index in [0.717, 1.165) is 11.8 Å². The van der Waals surface area contributed by atoms with Crippen LogP contribution in [0, 0.1) is 23.7 Å². The molecule has 4 fully saturated rings. The third-order valence-corrected chi connectivity index (χ3v) is 4.39. The molecule has 0 heterocycles. The standard InChI is InChI=1S/C12H16O2/c1-2-11(13)14-12-9-4-7-3-8(6-9)10(12)5-7/h2,7-10,12H,1,3-6H2. The first-order chi connectivity index (χ1) is 6.78. The Morgan fingerprint density at radius 1 is 1.21 bits per heavy atom. The van der Waals surface area contributed by atoms with Crippen molar-refractivity contribution in [3.8, 4) is 0 Å². The Kier molecular flexibility index (Phi) is 1.73. The van der Waals surface area contributed by atoms with E-state index in [9.17, 15) is 4.79 Å². The second-order valence-corrected chi connectivity index (χ2v) is 5.10. The number of rotatable bonds is 2. The fourth-order valence-corrected chi connectivity index (χ4v) is 4.04. The monoisotopic (exact) mass is 192 g/mol. The predicted octanol–water partition coefficient (Wildman–Crippen LogP) is 2.15. The van der Waals surface area contributed by atoms with Gasteiger partial charge in [-0.25, -0.2) is 4.79 Å². The van der Waals surface area contributed by atoms with E-state index in [2.05, 4.69) is 6.58 Å². The summed E-state index contributed by atoms with van der Waals surface area (Å²) >= 11 is 0. The number of ether oxygens (including phenoxy) is 1.